The van der Waals surface area contributed by atoms with Crippen molar-refractivity contribution in [2.75, 3.05) is 57.2 Å². The zero-order valence-corrected chi connectivity index (χ0v) is 24.0. The number of fused-ring (bicyclic) bond motifs is 1. The van der Waals surface area contributed by atoms with Gasteiger partial charge in [0.1, 0.15) is 11.5 Å². The van der Waals surface area contributed by atoms with Crippen molar-refractivity contribution >= 4 is 28.7 Å². The van der Waals surface area contributed by atoms with Crippen molar-refractivity contribution in [1.82, 2.24) is 23.6 Å². The third-order valence-electron chi connectivity index (χ3n) is 7.45. The van der Waals surface area contributed by atoms with Crippen LogP contribution in [0.5, 0.6) is 11.5 Å². The number of carbonyl (C=O) groups excluding carboxylic acids is 1. The number of imidazole rings is 1. The van der Waals surface area contributed by atoms with E-state index < -0.39 is 5.69 Å². The normalized spacial score (nSPS) is 13.9. The molecule has 3 heterocycles. The Labute approximate surface area is 237 Å². The maximum absolute atomic E-state index is 13.3. The average Bonchev–Trinajstić information content (AvgIpc) is 3.34. The van der Waals surface area contributed by atoms with Crippen LogP contribution >= 0.6 is 0 Å². The smallest absolute Gasteiger partial charge is 0.332 e. The van der Waals surface area contributed by atoms with Gasteiger partial charge in [-0.2, -0.15) is 4.98 Å². The van der Waals surface area contributed by atoms with Crippen molar-refractivity contribution < 1.29 is 14.3 Å². The minimum absolute atomic E-state index is 0.157. The Balaban J connectivity index is 1.37. The molecule has 0 spiro atoms. The van der Waals surface area contributed by atoms with Crippen molar-refractivity contribution in [3.05, 3.63) is 74.4 Å². The van der Waals surface area contributed by atoms with Crippen molar-refractivity contribution in [2.45, 2.75) is 13.5 Å². The van der Waals surface area contributed by atoms with Gasteiger partial charge in [-0.1, -0.05) is 29.8 Å². The lowest BCUT2D eigenvalue weighted by atomic mass is 10.1. The van der Waals surface area contributed by atoms with Crippen molar-refractivity contribution in [2.24, 2.45) is 14.1 Å². The Hall–Kier alpha value is -4.58. The number of hydrogen-bond acceptors (Lipinski definition) is 8. The molecule has 2 aromatic carbocycles. The predicted octanol–water partition coefficient (Wildman–Crippen LogP) is 1.57. The highest BCUT2D eigenvalue weighted by Gasteiger charge is 2.26. The molecule has 12 heteroatoms. The monoisotopic (exact) mass is 561 g/mol. The molecule has 0 saturated carbocycles. The number of aromatic nitrogens is 4. The van der Waals surface area contributed by atoms with E-state index in [2.05, 4.69) is 21.2 Å². The van der Waals surface area contributed by atoms with Gasteiger partial charge in [0.05, 0.1) is 33.0 Å². The molecule has 1 aliphatic rings. The molecule has 2 aromatic heterocycles. The fraction of sp³-hybridized carbons (Fsp3) is 0.379. The molecule has 216 valence electrons. The highest BCUT2D eigenvalue weighted by molar-refractivity contribution is 5.94. The number of anilines is 2. The van der Waals surface area contributed by atoms with Gasteiger partial charge in [0.25, 0.3) is 5.56 Å². The number of nitrogens with one attached hydrogen (secondary N) is 1. The van der Waals surface area contributed by atoms with E-state index in [0.29, 0.717) is 67.0 Å². The summed E-state index contributed by atoms with van der Waals surface area (Å²) in [5.41, 5.74) is 2.65. The van der Waals surface area contributed by atoms with Gasteiger partial charge in [0.2, 0.25) is 11.9 Å². The van der Waals surface area contributed by atoms with E-state index >= 15 is 0 Å². The lowest BCUT2D eigenvalue weighted by molar-refractivity contribution is -0.117. The number of benzene rings is 2. The molecule has 0 bridgehead atoms. The number of aryl methyl sites for hydroxylation is 2. The molecule has 1 N–H and O–H groups in total. The van der Waals surface area contributed by atoms with E-state index in [1.54, 1.807) is 39.5 Å². The summed E-state index contributed by atoms with van der Waals surface area (Å²) in [7, 11) is 6.24. The summed E-state index contributed by atoms with van der Waals surface area (Å²) in [5, 5.41) is 2.92. The second-order valence-corrected chi connectivity index (χ2v) is 10.2. The van der Waals surface area contributed by atoms with Gasteiger partial charge in [0, 0.05) is 46.3 Å². The number of hydrogen-bond donors (Lipinski definition) is 1. The average molecular weight is 562 g/mol. The Kier molecular flexibility index (Phi) is 7.84. The zero-order chi connectivity index (χ0) is 29.3. The topological polar surface area (TPSA) is 116 Å². The van der Waals surface area contributed by atoms with Gasteiger partial charge in [-0.15, -0.1) is 0 Å². The van der Waals surface area contributed by atoms with Crippen LogP contribution in [0, 0.1) is 6.92 Å². The highest BCUT2D eigenvalue weighted by atomic mass is 16.5. The number of nitrogens with zero attached hydrogens (tertiary/aromatic N) is 6. The Morgan fingerprint density at radius 3 is 2.41 bits per heavy atom. The zero-order valence-electron chi connectivity index (χ0n) is 24.0. The SMILES string of the molecule is COc1ccc(OC)c(NC(=O)CN2CCN(c3nc4c(c(=O)n(C)c(=O)n4C)n3Cc3cccc(C)c3)CC2)c1. The second kappa shape index (κ2) is 11.5. The van der Waals surface area contributed by atoms with E-state index in [4.69, 9.17) is 14.5 Å². The molecular weight excluding hydrogens is 526 g/mol. The van der Waals surface area contributed by atoms with Crippen molar-refractivity contribution in [3.63, 3.8) is 0 Å². The maximum atomic E-state index is 13.3. The first-order valence-electron chi connectivity index (χ1n) is 13.4. The number of piperazine rings is 1. The van der Waals surface area contributed by atoms with Crippen LogP contribution < -0.4 is 30.9 Å². The lowest BCUT2D eigenvalue weighted by Gasteiger charge is -2.35. The first-order valence-corrected chi connectivity index (χ1v) is 13.4. The number of ether oxygens (including phenoxy) is 2. The van der Waals surface area contributed by atoms with Crippen LogP contribution in [0.15, 0.2) is 52.1 Å². The standard InChI is InChI=1S/C29H35N7O5/c1-19-7-6-8-20(15-19)17-36-25-26(32(2)29(39)33(3)27(25)38)31-28(36)35-13-11-34(12-14-35)18-24(37)30-22-16-21(40-4)9-10-23(22)41-5/h6-10,15-16H,11-14,17-18H2,1-5H3,(H,30,37). The van der Waals surface area contributed by atoms with E-state index in [1.165, 1.54) is 11.6 Å². The third-order valence-corrected chi connectivity index (χ3v) is 7.45. The molecule has 0 radical (unpaired) electrons. The highest BCUT2D eigenvalue weighted by Crippen LogP contribution is 2.29. The molecule has 0 atom stereocenters. The number of carbonyl (C=O) groups is 1. The van der Waals surface area contributed by atoms with Gasteiger partial charge in [-0.05, 0) is 24.6 Å². The molecule has 0 unspecified atom stereocenters. The summed E-state index contributed by atoms with van der Waals surface area (Å²) < 4.78 is 15.1. The van der Waals surface area contributed by atoms with Crippen molar-refractivity contribution in [3.8, 4) is 11.5 Å². The Morgan fingerprint density at radius 2 is 1.73 bits per heavy atom. The summed E-state index contributed by atoms with van der Waals surface area (Å²) in [5.74, 6) is 1.65. The summed E-state index contributed by atoms with van der Waals surface area (Å²) >= 11 is 0. The molecule has 41 heavy (non-hydrogen) atoms. The van der Waals surface area contributed by atoms with E-state index in [9.17, 15) is 14.4 Å². The quantitative estimate of drug-likeness (QED) is 0.345. The fourth-order valence-electron chi connectivity index (χ4n) is 5.23. The molecule has 5 rings (SSSR count). The third kappa shape index (κ3) is 5.55. The Morgan fingerprint density at radius 1 is 0.976 bits per heavy atom. The van der Waals surface area contributed by atoms with Crippen LogP contribution in [0.2, 0.25) is 0 Å². The van der Waals surface area contributed by atoms with Gasteiger partial charge in [0.15, 0.2) is 11.2 Å². The summed E-state index contributed by atoms with van der Waals surface area (Å²) in [6, 6.07) is 13.4. The first kappa shape index (κ1) is 28.0. The van der Waals surface area contributed by atoms with Crippen LogP contribution in [0.4, 0.5) is 11.6 Å². The van der Waals surface area contributed by atoms with E-state index in [0.717, 1.165) is 15.7 Å². The number of methoxy groups -OCH3 is 2. The minimum atomic E-state index is -0.419. The van der Waals surface area contributed by atoms with Crippen LogP contribution in [-0.2, 0) is 25.4 Å². The number of rotatable bonds is 8. The van der Waals surface area contributed by atoms with Crippen LogP contribution in [0.3, 0.4) is 0 Å². The number of amides is 1. The minimum Gasteiger partial charge on any atom is -0.497 e. The summed E-state index contributed by atoms with van der Waals surface area (Å²) in [6.45, 7) is 5.11. The maximum Gasteiger partial charge on any atom is 0.332 e. The van der Waals surface area contributed by atoms with E-state index in [1.807, 2.05) is 29.7 Å². The molecule has 12 nitrogen and oxygen atoms in total. The summed E-state index contributed by atoms with van der Waals surface area (Å²) in [6.07, 6.45) is 0. The van der Waals surface area contributed by atoms with Crippen LogP contribution in [0.1, 0.15) is 11.1 Å². The van der Waals surface area contributed by atoms with Gasteiger partial charge in [-0.25, -0.2) is 4.79 Å². The molecule has 1 saturated heterocycles. The largest absolute Gasteiger partial charge is 0.497 e. The fourth-order valence-corrected chi connectivity index (χ4v) is 5.23. The van der Waals surface area contributed by atoms with Crippen LogP contribution in [0.25, 0.3) is 11.2 Å². The molecular formula is C29H35N7O5. The molecule has 1 aliphatic heterocycles. The first-order chi connectivity index (χ1) is 19.7. The molecule has 1 fully saturated rings. The summed E-state index contributed by atoms with van der Waals surface area (Å²) in [4.78, 5) is 47.8. The van der Waals surface area contributed by atoms with Gasteiger partial charge < -0.3 is 19.7 Å². The lowest BCUT2D eigenvalue weighted by Crippen LogP contribution is -2.49. The van der Waals surface area contributed by atoms with Gasteiger partial charge in [-0.3, -0.25) is 28.2 Å². The van der Waals surface area contributed by atoms with Crippen LogP contribution in [-0.4, -0.2) is 76.4 Å². The predicted molar refractivity (Wildman–Crippen MR) is 157 cm³/mol. The van der Waals surface area contributed by atoms with Crippen molar-refractivity contribution in [1.29, 1.82) is 0 Å². The Bertz CT molecular complexity index is 1710. The van der Waals surface area contributed by atoms with E-state index in [-0.39, 0.29) is 18.0 Å². The molecule has 4 aromatic rings. The van der Waals surface area contributed by atoms with Gasteiger partial charge >= 0.3 is 5.69 Å². The molecule has 1 amide bonds. The second-order valence-electron chi connectivity index (χ2n) is 10.2. The molecule has 0 aliphatic carbocycles.